The third kappa shape index (κ3) is 6.73. The summed E-state index contributed by atoms with van der Waals surface area (Å²) in [4.78, 5) is 11.7. The first-order chi connectivity index (χ1) is 12.7. The minimum atomic E-state index is -0.436. The molecular weight excluding hydrogens is 337 g/mol. The lowest BCUT2D eigenvalue weighted by Gasteiger charge is -2.07. The third-order valence-electron chi connectivity index (χ3n) is 3.14. The van der Waals surface area contributed by atoms with Gasteiger partial charge in [-0.25, -0.2) is 4.39 Å². The molecule has 1 amide bonds. The molecule has 0 heterocycles. The zero-order valence-corrected chi connectivity index (χ0v) is 14.5. The molecule has 0 aliphatic heterocycles. The van der Waals surface area contributed by atoms with Gasteiger partial charge < -0.3 is 19.5 Å². The van der Waals surface area contributed by atoms with E-state index in [1.165, 1.54) is 12.1 Å². The van der Waals surface area contributed by atoms with Crippen LogP contribution in [0.25, 0.3) is 0 Å². The Morgan fingerprint density at radius 3 is 2.38 bits per heavy atom. The molecule has 0 atom stereocenters. The monoisotopic (exact) mass is 357 g/mol. The van der Waals surface area contributed by atoms with Crippen LogP contribution in [-0.2, 0) is 4.79 Å². The predicted molar refractivity (Wildman–Crippen MR) is 95.8 cm³/mol. The van der Waals surface area contributed by atoms with Crippen molar-refractivity contribution in [3.8, 4) is 29.1 Å². The van der Waals surface area contributed by atoms with Crippen LogP contribution in [0.5, 0.6) is 17.2 Å². The fourth-order valence-electron chi connectivity index (χ4n) is 1.93. The number of carbonyl (C=O) groups excluding carboxylic acids is 1. The molecule has 0 fully saturated rings. The van der Waals surface area contributed by atoms with Crippen LogP contribution in [0.4, 0.5) is 4.39 Å². The van der Waals surface area contributed by atoms with E-state index < -0.39 is 5.82 Å². The number of halogens is 1. The number of hydrogen-bond acceptors (Lipinski definition) is 4. The van der Waals surface area contributed by atoms with Gasteiger partial charge in [-0.15, -0.1) is 0 Å². The van der Waals surface area contributed by atoms with E-state index in [9.17, 15) is 9.18 Å². The van der Waals surface area contributed by atoms with Crippen LogP contribution in [0, 0.1) is 17.7 Å². The fraction of sp³-hybridized carbons (Fsp3) is 0.250. The highest BCUT2D eigenvalue weighted by molar-refractivity contribution is 5.77. The zero-order chi connectivity index (χ0) is 18.6. The SMILES string of the molecule is CCOc1ccc(OCC(=O)NCC#CCOc2ccccc2F)cc1. The van der Waals surface area contributed by atoms with Crippen LogP contribution in [0.1, 0.15) is 6.92 Å². The second kappa shape index (κ2) is 10.6. The molecule has 6 heteroatoms. The second-order valence-electron chi connectivity index (χ2n) is 5.04. The average molecular weight is 357 g/mol. The number of ether oxygens (including phenoxy) is 3. The van der Waals surface area contributed by atoms with Gasteiger partial charge in [-0.1, -0.05) is 24.0 Å². The summed E-state index contributed by atoms with van der Waals surface area (Å²) in [6, 6.07) is 13.1. The maximum atomic E-state index is 13.3. The first kappa shape index (κ1) is 19.1. The van der Waals surface area contributed by atoms with Crippen LogP contribution in [-0.4, -0.2) is 32.3 Å². The van der Waals surface area contributed by atoms with E-state index in [1.807, 2.05) is 6.92 Å². The quantitative estimate of drug-likeness (QED) is 0.738. The number of rotatable bonds is 8. The van der Waals surface area contributed by atoms with E-state index in [1.54, 1.807) is 36.4 Å². The van der Waals surface area contributed by atoms with Crippen molar-refractivity contribution >= 4 is 5.91 Å². The number of carbonyl (C=O) groups is 1. The number of nitrogens with one attached hydrogen (secondary N) is 1. The van der Waals surface area contributed by atoms with Gasteiger partial charge in [-0.05, 0) is 43.3 Å². The maximum absolute atomic E-state index is 13.3. The van der Waals surface area contributed by atoms with Gasteiger partial charge in [0.15, 0.2) is 18.2 Å². The van der Waals surface area contributed by atoms with Gasteiger partial charge in [0.2, 0.25) is 0 Å². The highest BCUT2D eigenvalue weighted by Gasteiger charge is 2.02. The molecule has 0 saturated heterocycles. The Balaban J connectivity index is 1.62. The normalized spacial score (nSPS) is 9.62. The molecule has 136 valence electrons. The summed E-state index contributed by atoms with van der Waals surface area (Å²) in [5.74, 6) is 6.17. The van der Waals surface area contributed by atoms with Crippen molar-refractivity contribution in [2.75, 3.05) is 26.4 Å². The summed E-state index contributed by atoms with van der Waals surface area (Å²) >= 11 is 0. The van der Waals surface area contributed by atoms with Gasteiger partial charge in [0, 0.05) is 0 Å². The van der Waals surface area contributed by atoms with Gasteiger partial charge in [-0.3, -0.25) is 4.79 Å². The molecular formula is C20H20FNO4. The van der Waals surface area contributed by atoms with Crippen LogP contribution >= 0.6 is 0 Å². The van der Waals surface area contributed by atoms with Crippen molar-refractivity contribution in [1.29, 1.82) is 0 Å². The molecule has 2 aromatic carbocycles. The van der Waals surface area contributed by atoms with Crippen molar-refractivity contribution in [2.24, 2.45) is 0 Å². The van der Waals surface area contributed by atoms with E-state index >= 15 is 0 Å². The Labute approximate surface area is 152 Å². The Morgan fingerprint density at radius 2 is 1.69 bits per heavy atom. The lowest BCUT2D eigenvalue weighted by molar-refractivity contribution is -0.122. The molecule has 0 spiro atoms. The van der Waals surface area contributed by atoms with Crippen LogP contribution in [0.15, 0.2) is 48.5 Å². The number of benzene rings is 2. The largest absolute Gasteiger partial charge is 0.494 e. The second-order valence-corrected chi connectivity index (χ2v) is 5.04. The maximum Gasteiger partial charge on any atom is 0.258 e. The van der Waals surface area contributed by atoms with Crippen molar-refractivity contribution < 1.29 is 23.4 Å². The molecule has 0 saturated carbocycles. The van der Waals surface area contributed by atoms with Crippen molar-refractivity contribution in [1.82, 2.24) is 5.32 Å². The summed E-state index contributed by atoms with van der Waals surface area (Å²) in [5, 5.41) is 2.60. The van der Waals surface area contributed by atoms with Crippen molar-refractivity contribution in [3.05, 3.63) is 54.3 Å². The predicted octanol–water partition coefficient (Wildman–Crippen LogP) is 2.80. The summed E-state index contributed by atoms with van der Waals surface area (Å²) in [6.07, 6.45) is 0. The van der Waals surface area contributed by atoms with Gasteiger partial charge in [0.05, 0.1) is 13.2 Å². The summed E-state index contributed by atoms with van der Waals surface area (Å²) < 4.78 is 29.2. The highest BCUT2D eigenvalue weighted by atomic mass is 19.1. The molecule has 0 aromatic heterocycles. The van der Waals surface area contributed by atoms with Gasteiger partial charge >= 0.3 is 0 Å². The summed E-state index contributed by atoms with van der Waals surface area (Å²) in [5.41, 5.74) is 0. The first-order valence-electron chi connectivity index (χ1n) is 8.14. The molecule has 2 rings (SSSR count). The molecule has 5 nitrogen and oxygen atoms in total. The topological polar surface area (TPSA) is 56.8 Å². The minimum absolute atomic E-state index is 0.0412. The lowest BCUT2D eigenvalue weighted by atomic mass is 10.3. The molecule has 0 bridgehead atoms. The van der Waals surface area contributed by atoms with Crippen molar-refractivity contribution in [3.63, 3.8) is 0 Å². The smallest absolute Gasteiger partial charge is 0.258 e. The number of amides is 1. The van der Waals surface area contributed by atoms with Gasteiger partial charge in [0.25, 0.3) is 5.91 Å². The molecule has 26 heavy (non-hydrogen) atoms. The first-order valence-corrected chi connectivity index (χ1v) is 8.14. The van der Waals surface area contributed by atoms with E-state index in [-0.39, 0.29) is 31.4 Å². The highest BCUT2D eigenvalue weighted by Crippen LogP contribution is 2.17. The molecule has 0 unspecified atom stereocenters. The van der Waals surface area contributed by atoms with Crippen molar-refractivity contribution in [2.45, 2.75) is 6.92 Å². The molecule has 1 N–H and O–H groups in total. The molecule has 0 aliphatic rings. The summed E-state index contributed by atoms with van der Waals surface area (Å²) in [6.45, 7) is 2.59. The Kier molecular flexibility index (Phi) is 7.81. The number of hydrogen-bond donors (Lipinski definition) is 1. The molecule has 0 aliphatic carbocycles. The van der Waals surface area contributed by atoms with Crippen LogP contribution in [0.2, 0.25) is 0 Å². The van der Waals surface area contributed by atoms with E-state index in [0.29, 0.717) is 12.4 Å². The lowest BCUT2D eigenvalue weighted by Crippen LogP contribution is -2.29. The Bertz CT molecular complexity index is 765. The minimum Gasteiger partial charge on any atom is -0.494 e. The van der Waals surface area contributed by atoms with Gasteiger partial charge in [-0.2, -0.15) is 0 Å². The summed E-state index contributed by atoms with van der Waals surface area (Å²) in [7, 11) is 0. The zero-order valence-electron chi connectivity index (χ0n) is 14.5. The standard InChI is InChI=1S/C20H20FNO4/c1-2-24-16-9-11-17(12-10-16)26-15-20(23)22-13-5-6-14-25-19-8-4-3-7-18(19)21/h3-4,7-12H,2,13-15H2,1H3,(H,22,23). The van der Waals surface area contributed by atoms with Crippen LogP contribution in [0.3, 0.4) is 0 Å². The number of para-hydroxylation sites is 1. The van der Waals surface area contributed by atoms with E-state index in [4.69, 9.17) is 14.2 Å². The Hall–Kier alpha value is -3.20. The third-order valence-corrected chi connectivity index (χ3v) is 3.14. The van der Waals surface area contributed by atoms with E-state index in [2.05, 4.69) is 17.2 Å². The molecule has 2 aromatic rings. The van der Waals surface area contributed by atoms with E-state index in [0.717, 1.165) is 5.75 Å². The molecule has 0 radical (unpaired) electrons. The van der Waals surface area contributed by atoms with Crippen LogP contribution < -0.4 is 19.5 Å². The Morgan fingerprint density at radius 1 is 1.00 bits per heavy atom. The fourth-order valence-corrected chi connectivity index (χ4v) is 1.93. The van der Waals surface area contributed by atoms with Gasteiger partial charge in [0.1, 0.15) is 18.1 Å². The average Bonchev–Trinajstić information content (AvgIpc) is 2.65.